The molecule has 17 heavy (non-hydrogen) atoms. The van der Waals surface area contributed by atoms with Gasteiger partial charge in [-0.25, -0.2) is 0 Å². The van der Waals surface area contributed by atoms with Gasteiger partial charge in [0.2, 0.25) is 0 Å². The zero-order chi connectivity index (χ0) is 12.4. The molecule has 0 atom stereocenters. The molecule has 4 heteroatoms. The third-order valence-corrected chi connectivity index (χ3v) is 3.08. The molecule has 0 saturated heterocycles. The molecule has 1 aliphatic rings. The minimum atomic E-state index is -0.0240. The molecule has 92 valence electrons. The lowest BCUT2D eigenvalue weighted by Crippen LogP contribution is -2.29. The van der Waals surface area contributed by atoms with E-state index in [9.17, 15) is 4.79 Å². The van der Waals surface area contributed by atoms with Crippen LogP contribution in [0.15, 0.2) is 18.2 Å². The molecular formula is C13H18N2O2. The van der Waals surface area contributed by atoms with Crippen molar-refractivity contribution in [2.45, 2.75) is 25.8 Å². The molecule has 0 radical (unpaired) electrons. The number of rotatable bonds is 5. The van der Waals surface area contributed by atoms with E-state index >= 15 is 0 Å². The van der Waals surface area contributed by atoms with Gasteiger partial charge in [0.25, 0.3) is 0 Å². The van der Waals surface area contributed by atoms with Gasteiger partial charge in [-0.15, -0.1) is 0 Å². The van der Waals surface area contributed by atoms with E-state index in [0.717, 1.165) is 18.5 Å². The van der Waals surface area contributed by atoms with Crippen molar-refractivity contribution in [3.05, 3.63) is 23.8 Å². The van der Waals surface area contributed by atoms with E-state index in [-0.39, 0.29) is 12.4 Å². The highest BCUT2D eigenvalue weighted by atomic mass is 16.3. The molecule has 1 aliphatic carbocycles. The molecule has 0 bridgehead atoms. The van der Waals surface area contributed by atoms with Gasteiger partial charge in [0.1, 0.15) is 0 Å². The maximum absolute atomic E-state index is 11.4. The Morgan fingerprint density at radius 1 is 1.53 bits per heavy atom. The summed E-state index contributed by atoms with van der Waals surface area (Å²) in [5.41, 5.74) is 7.82. The SMILES string of the molecule is CC(=O)c1cc(N(CCO)C2CC2)ccc1N. The largest absolute Gasteiger partial charge is 0.398 e. The standard InChI is InChI=1S/C13H18N2O2/c1-9(17)12-8-11(4-5-13(12)14)15(6-7-16)10-2-3-10/h4-5,8,10,16H,2-3,6-7,14H2,1H3. The molecule has 0 aromatic heterocycles. The summed E-state index contributed by atoms with van der Waals surface area (Å²) in [6.07, 6.45) is 2.31. The second-order valence-corrected chi connectivity index (χ2v) is 4.48. The molecule has 3 N–H and O–H groups in total. The molecule has 0 unspecified atom stereocenters. The smallest absolute Gasteiger partial charge is 0.161 e. The lowest BCUT2D eigenvalue weighted by Gasteiger charge is -2.24. The number of carbonyl (C=O) groups is 1. The fraction of sp³-hybridized carbons (Fsp3) is 0.462. The van der Waals surface area contributed by atoms with Crippen molar-refractivity contribution in [3.8, 4) is 0 Å². The van der Waals surface area contributed by atoms with Gasteiger partial charge in [0.15, 0.2) is 5.78 Å². The molecule has 1 fully saturated rings. The van der Waals surface area contributed by atoms with Crippen LogP contribution in [0.2, 0.25) is 0 Å². The Morgan fingerprint density at radius 2 is 2.24 bits per heavy atom. The molecule has 2 rings (SSSR count). The Hall–Kier alpha value is -1.55. The summed E-state index contributed by atoms with van der Waals surface area (Å²) in [6.45, 7) is 2.24. The number of nitrogens with two attached hydrogens (primary N) is 1. The molecule has 0 amide bonds. The molecule has 1 saturated carbocycles. The van der Waals surface area contributed by atoms with E-state index in [0.29, 0.717) is 23.8 Å². The summed E-state index contributed by atoms with van der Waals surface area (Å²) in [6, 6.07) is 6.01. The first kappa shape index (κ1) is 11.9. The number of nitrogen functional groups attached to an aromatic ring is 1. The fourth-order valence-electron chi connectivity index (χ4n) is 2.04. The normalized spacial score (nSPS) is 14.7. The average Bonchev–Trinajstić information content (AvgIpc) is 3.10. The molecule has 1 aromatic carbocycles. The van der Waals surface area contributed by atoms with Gasteiger partial charge in [-0.2, -0.15) is 0 Å². The number of ketones is 1. The third kappa shape index (κ3) is 2.58. The average molecular weight is 234 g/mol. The van der Waals surface area contributed by atoms with Crippen LogP contribution in [0.1, 0.15) is 30.1 Å². The number of Topliss-reactive ketones (excluding diaryl/α,β-unsaturated/α-hetero) is 1. The number of hydrogen-bond acceptors (Lipinski definition) is 4. The zero-order valence-electron chi connectivity index (χ0n) is 10.0. The summed E-state index contributed by atoms with van der Waals surface area (Å²) in [5.74, 6) is -0.0240. The van der Waals surface area contributed by atoms with Crippen LogP contribution in [0.5, 0.6) is 0 Å². The van der Waals surface area contributed by atoms with Crippen LogP contribution >= 0.6 is 0 Å². The number of carbonyl (C=O) groups excluding carboxylic acids is 1. The van der Waals surface area contributed by atoms with Crippen molar-refractivity contribution in [1.29, 1.82) is 0 Å². The molecule has 0 heterocycles. The number of nitrogens with zero attached hydrogens (tertiary/aromatic N) is 1. The summed E-state index contributed by atoms with van der Waals surface area (Å²) in [5, 5.41) is 9.07. The maximum Gasteiger partial charge on any atom is 0.161 e. The Kier molecular flexibility index (Phi) is 3.33. The quantitative estimate of drug-likeness (QED) is 0.597. The highest BCUT2D eigenvalue weighted by Crippen LogP contribution is 2.32. The lowest BCUT2D eigenvalue weighted by molar-refractivity contribution is 0.101. The van der Waals surface area contributed by atoms with Crippen LogP contribution in [0, 0.1) is 0 Å². The van der Waals surface area contributed by atoms with Crippen molar-refractivity contribution < 1.29 is 9.90 Å². The van der Waals surface area contributed by atoms with Crippen LogP contribution in [-0.2, 0) is 0 Å². The second kappa shape index (κ2) is 4.75. The first-order chi connectivity index (χ1) is 8.13. The number of hydrogen-bond donors (Lipinski definition) is 2. The zero-order valence-corrected chi connectivity index (χ0v) is 10.0. The van der Waals surface area contributed by atoms with Crippen LogP contribution < -0.4 is 10.6 Å². The predicted octanol–water partition coefficient (Wildman–Crippen LogP) is 1.43. The highest BCUT2D eigenvalue weighted by molar-refractivity contribution is 6.00. The predicted molar refractivity (Wildman–Crippen MR) is 68.3 cm³/mol. The lowest BCUT2D eigenvalue weighted by atomic mass is 10.1. The van der Waals surface area contributed by atoms with Gasteiger partial charge < -0.3 is 15.7 Å². The van der Waals surface area contributed by atoms with Crippen LogP contribution in [-0.4, -0.2) is 30.1 Å². The van der Waals surface area contributed by atoms with Gasteiger partial charge in [-0.05, 0) is 38.0 Å². The van der Waals surface area contributed by atoms with E-state index in [1.165, 1.54) is 6.92 Å². The summed E-state index contributed by atoms with van der Waals surface area (Å²) in [7, 11) is 0. The van der Waals surface area contributed by atoms with Crippen molar-refractivity contribution in [1.82, 2.24) is 0 Å². The van der Waals surface area contributed by atoms with E-state index in [2.05, 4.69) is 4.90 Å². The molecule has 0 aliphatic heterocycles. The number of anilines is 2. The Labute approximate surface area is 101 Å². The van der Waals surface area contributed by atoms with Crippen LogP contribution in [0.3, 0.4) is 0 Å². The van der Waals surface area contributed by atoms with Crippen molar-refractivity contribution in [3.63, 3.8) is 0 Å². The van der Waals surface area contributed by atoms with Crippen LogP contribution in [0.25, 0.3) is 0 Å². The number of benzene rings is 1. The molecule has 0 spiro atoms. The second-order valence-electron chi connectivity index (χ2n) is 4.48. The Balaban J connectivity index is 2.30. The summed E-state index contributed by atoms with van der Waals surface area (Å²) in [4.78, 5) is 13.6. The van der Waals surface area contributed by atoms with Crippen molar-refractivity contribution >= 4 is 17.2 Å². The van der Waals surface area contributed by atoms with Gasteiger partial charge in [-0.1, -0.05) is 0 Å². The van der Waals surface area contributed by atoms with E-state index in [1.807, 2.05) is 12.1 Å². The number of aliphatic hydroxyl groups is 1. The van der Waals surface area contributed by atoms with Crippen molar-refractivity contribution in [2.24, 2.45) is 0 Å². The van der Waals surface area contributed by atoms with Gasteiger partial charge in [0.05, 0.1) is 6.61 Å². The van der Waals surface area contributed by atoms with Crippen molar-refractivity contribution in [2.75, 3.05) is 23.8 Å². The first-order valence-electron chi connectivity index (χ1n) is 5.91. The Bertz CT molecular complexity index is 427. The number of aliphatic hydroxyl groups excluding tert-OH is 1. The van der Waals surface area contributed by atoms with Gasteiger partial charge >= 0.3 is 0 Å². The van der Waals surface area contributed by atoms with Gasteiger partial charge in [0, 0.05) is 29.5 Å². The van der Waals surface area contributed by atoms with Crippen LogP contribution in [0.4, 0.5) is 11.4 Å². The van der Waals surface area contributed by atoms with Gasteiger partial charge in [-0.3, -0.25) is 4.79 Å². The summed E-state index contributed by atoms with van der Waals surface area (Å²) < 4.78 is 0. The minimum absolute atomic E-state index is 0.0240. The Morgan fingerprint density at radius 3 is 2.76 bits per heavy atom. The van der Waals surface area contributed by atoms with E-state index in [4.69, 9.17) is 10.8 Å². The fourth-order valence-corrected chi connectivity index (χ4v) is 2.04. The minimum Gasteiger partial charge on any atom is -0.398 e. The van der Waals surface area contributed by atoms with E-state index < -0.39 is 0 Å². The highest BCUT2D eigenvalue weighted by Gasteiger charge is 2.29. The maximum atomic E-state index is 11.4. The summed E-state index contributed by atoms with van der Waals surface area (Å²) >= 11 is 0. The monoisotopic (exact) mass is 234 g/mol. The topological polar surface area (TPSA) is 66.6 Å². The third-order valence-electron chi connectivity index (χ3n) is 3.08. The first-order valence-corrected chi connectivity index (χ1v) is 5.91. The molecule has 4 nitrogen and oxygen atoms in total. The molecular weight excluding hydrogens is 216 g/mol. The molecule has 1 aromatic rings. The van der Waals surface area contributed by atoms with E-state index in [1.54, 1.807) is 6.07 Å².